The second-order valence-corrected chi connectivity index (χ2v) is 6.98. The van der Waals surface area contributed by atoms with Gasteiger partial charge in [-0.05, 0) is 37.0 Å². The Morgan fingerprint density at radius 3 is 2.78 bits per heavy atom. The summed E-state index contributed by atoms with van der Waals surface area (Å²) in [6.45, 7) is -0.959. The second kappa shape index (κ2) is 6.17. The highest BCUT2D eigenvalue weighted by Crippen LogP contribution is 2.49. The van der Waals surface area contributed by atoms with Crippen molar-refractivity contribution >= 4 is 5.91 Å². The molecule has 2 saturated carbocycles. The quantitative estimate of drug-likeness (QED) is 0.832. The SMILES string of the molecule is CN(Cc1nccn1CC(F)(F)F)C(=O)CC1CC2CCC1C2. The monoisotopic (exact) mass is 329 g/mol. The number of aromatic nitrogens is 2. The van der Waals surface area contributed by atoms with Crippen LogP contribution in [0.5, 0.6) is 0 Å². The molecule has 2 aliphatic rings. The van der Waals surface area contributed by atoms with E-state index in [0.717, 1.165) is 16.9 Å². The standard InChI is InChI=1S/C16H22F3N3O/c1-21(9-14-20-4-5-22(14)10-16(17,18)19)15(23)8-13-7-11-2-3-12(13)6-11/h4-5,11-13H,2-3,6-10H2,1H3. The number of rotatable bonds is 5. The van der Waals surface area contributed by atoms with Crippen molar-refractivity contribution in [2.24, 2.45) is 17.8 Å². The molecule has 2 fully saturated rings. The molecule has 0 radical (unpaired) electrons. The van der Waals surface area contributed by atoms with Gasteiger partial charge in [0.2, 0.25) is 5.91 Å². The number of amides is 1. The number of alkyl halides is 3. The molecular formula is C16H22F3N3O. The fourth-order valence-electron chi connectivity index (χ4n) is 4.14. The first-order valence-electron chi connectivity index (χ1n) is 8.12. The molecule has 7 heteroatoms. The molecule has 4 nitrogen and oxygen atoms in total. The van der Waals surface area contributed by atoms with Crippen LogP contribution >= 0.6 is 0 Å². The molecule has 0 aromatic carbocycles. The van der Waals surface area contributed by atoms with Crippen molar-refractivity contribution in [2.45, 2.75) is 51.4 Å². The first-order chi connectivity index (χ1) is 10.8. The van der Waals surface area contributed by atoms with E-state index in [1.54, 1.807) is 7.05 Å². The van der Waals surface area contributed by atoms with E-state index < -0.39 is 12.7 Å². The molecule has 2 aliphatic carbocycles. The van der Waals surface area contributed by atoms with Gasteiger partial charge in [0.05, 0.1) is 6.54 Å². The molecule has 23 heavy (non-hydrogen) atoms. The fourth-order valence-corrected chi connectivity index (χ4v) is 4.14. The molecule has 0 N–H and O–H groups in total. The highest BCUT2D eigenvalue weighted by molar-refractivity contribution is 5.76. The molecule has 128 valence electrons. The van der Waals surface area contributed by atoms with Crippen molar-refractivity contribution in [3.05, 3.63) is 18.2 Å². The van der Waals surface area contributed by atoms with Crippen LogP contribution in [0, 0.1) is 17.8 Å². The zero-order valence-corrected chi connectivity index (χ0v) is 13.2. The summed E-state index contributed by atoms with van der Waals surface area (Å²) in [7, 11) is 1.64. The predicted octanol–water partition coefficient (Wildman–Crippen LogP) is 3.23. The van der Waals surface area contributed by atoms with Crippen LogP contribution in [0.3, 0.4) is 0 Å². The maximum Gasteiger partial charge on any atom is 0.406 e. The van der Waals surface area contributed by atoms with Crippen LogP contribution in [0.2, 0.25) is 0 Å². The lowest BCUT2D eigenvalue weighted by Gasteiger charge is -2.24. The Balaban J connectivity index is 1.55. The van der Waals surface area contributed by atoms with E-state index in [1.807, 2.05) is 0 Å². The fraction of sp³-hybridized carbons (Fsp3) is 0.750. The first-order valence-corrected chi connectivity index (χ1v) is 8.12. The Kier molecular flexibility index (Phi) is 4.38. The third-order valence-electron chi connectivity index (χ3n) is 5.28. The van der Waals surface area contributed by atoms with Gasteiger partial charge < -0.3 is 9.47 Å². The summed E-state index contributed by atoms with van der Waals surface area (Å²) in [5.74, 6) is 2.19. The van der Waals surface area contributed by atoms with E-state index in [-0.39, 0.29) is 18.3 Å². The highest BCUT2D eigenvalue weighted by Gasteiger charge is 2.40. The number of carbonyl (C=O) groups is 1. The molecule has 0 saturated heterocycles. The number of fused-ring (bicyclic) bond motifs is 2. The molecule has 2 bridgehead atoms. The Morgan fingerprint density at radius 2 is 2.17 bits per heavy atom. The number of hydrogen-bond donors (Lipinski definition) is 0. The molecule has 1 aromatic heterocycles. The zero-order valence-electron chi connectivity index (χ0n) is 13.2. The Bertz CT molecular complexity index is 569. The lowest BCUT2D eigenvalue weighted by atomic mass is 9.86. The molecule has 1 amide bonds. The van der Waals surface area contributed by atoms with Gasteiger partial charge in [0.25, 0.3) is 0 Å². The summed E-state index contributed by atoms with van der Waals surface area (Å²) >= 11 is 0. The number of halogens is 3. The van der Waals surface area contributed by atoms with E-state index in [0.29, 0.717) is 18.3 Å². The van der Waals surface area contributed by atoms with Gasteiger partial charge >= 0.3 is 6.18 Å². The Labute approximate surface area is 133 Å². The molecule has 0 spiro atoms. The van der Waals surface area contributed by atoms with Gasteiger partial charge in [0, 0.05) is 25.9 Å². The van der Waals surface area contributed by atoms with Gasteiger partial charge in [-0.1, -0.05) is 6.42 Å². The topological polar surface area (TPSA) is 38.1 Å². The van der Waals surface area contributed by atoms with E-state index in [9.17, 15) is 18.0 Å². The molecule has 3 rings (SSSR count). The van der Waals surface area contributed by atoms with Crippen LogP contribution in [0.15, 0.2) is 12.4 Å². The average molecular weight is 329 g/mol. The molecule has 3 unspecified atom stereocenters. The highest BCUT2D eigenvalue weighted by atomic mass is 19.4. The van der Waals surface area contributed by atoms with Crippen molar-refractivity contribution in [1.82, 2.24) is 14.5 Å². The number of imidazole rings is 1. The summed E-state index contributed by atoms with van der Waals surface area (Å²) in [6, 6.07) is 0. The van der Waals surface area contributed by atoms with Crippen molar-refractivity contribution in [1.29, 1.82) is 0 Å². The van der Waals surface area contributed by atoms with Crippen LogP contribution in [-0.4, -0.2) is 33.6 Å². The largest absolute Gasteiger partial charge is 0.406 e. The zero-order chi connectivity index (χ0) is 16.6. The summed E-state index contributed by atoms with van der Waals surface area (Å²) in [5.41, 5.74) is 0. The van der Waals surface area contributed by atoms with Crippen molar-refractivity contribution in [3.8, 4) is 0 Å². The Morgan fingerprint density at radius 1 is 1.39 bits per heavy atom. The van der Waals surface area contributed by atoms with Gasteiger partial charge in [0.1, 0.15) is 12.4 Å². The van der Waals surface area contributed by atoms with Crippen molar-refractivity contribution in [3.63, 3.8) is 0 Å². The average Bonchev–Trinajstić information content (AvgIpc) is 3.15. The molecule has 0 aliphatic heterocycles. The normalized spacial score (nSPS) is 26.7. The molecular weight excluding hydrogens is 307 g/mol. The summed E-state index contributed by atoms with van der Waals surface area (Å²) in [6.07, 6.45) is 3.76. The van der Waals surface area contributed by atoms with Crippen LogP contribution in [0.4, 0.5) is 13.2 Å². The van der Waals surface area contributed by atoms with E-state index in [2.05, 4.69) is 4.98 Å². The van der Waals surface area contributed by atoms with E-state index >= 15 is 0 Å². The minimum absolute atomic E-state index is 0.00380. The lowest BCUT2D eigenvalue weighted by Crippen LogP contribution is -2.31. The van der Waals surface area contributed by atoms with Gasteiger partial charge in [-0.3, -0.25) is 4.79 Å². The van der Waals surface area contributed by atoms with Crippen LogP contribution < -0.4 is 0 Å². The molecule has 3 atom stereocenters. The summed E-state index contributed by atoms with van der Waals surface area (Å²) in [5, 5.41) is 0. The summed E-state index contributed by atoms with van der Waals surface area (Å²) < 4.78 is 38.6. The second-order valence-electron chi connectivity index (χ2n) is 6.98. The van der Waals surface area contributed by atoms with Crippen molar-refractivity contribution < 1.29 is 18.0 Å². The van der Waals surface area contributed by atoms with Crippen LogP contribution in [0.1, 0.15) is 37.9 Å². The number of hydrogen-bond acceptors (Lipinski definition) is 2. The first kappa shape index (κ1) is 16.3. The van der Waals surface area contributed by atoms with E-state index in [4.69, 9.17) is 0 Å². The third-order valence-corrected chi connectivity index (χ3v) is 5.28. The number of carbonyl (C=O) groups excluding carboxylic acids is 1. The third kappa shape index (κ3) is 3.87. The van der Waals surface area contributed by atoms with Crippen LogP contribution in [-0.2, 0) is 17.9 Å². The minimum Gasteiger partial charge on any atom is -0.338 e. The maximum absolute atomic E-state index is 12.5. The Hall–Kier alpha value is -1.53. The van der Waals surface area contributed by atoms with Gasteiger partial charge in [-0.15, -0.1) is 0 Å². The van der Waals surface area contributed by atoms with Gasteiger partial charge in [-0.25, -0.2) is 4.98 Å². The van der Waals surface area contributed by atoms with Gasteiger partial charge in [-0.2, -0.15) is 13.2 Å². The van der Waals surface area contributed by atoms with Crippen LogP contribution in [0.25, 0.3) is 0 Å². The van der Waals surface area contributed by atoms with Crippen molar-refractivity contribution in [2.75, 3.05) is 7.05 Å². The smallest absolute Gasteiger partial charge is 0.338 e. The minimum atomic E-state index is -4.29. The van der Waals surface area contributed by atoms with E-state index in [1.165, 1.54) is 36.6 Å². The molecule has 1 aromatic rings. The predicted molar refractivity (Wildman–Crippen MR) is 78.3 cm³/mol. The maximum atomic E-state index is 12.5. The summed E-state index contributed by atoms with van der Waals surface area (Å²) in [4.78, 5) is 17.8. The lowest BCUT2D eigenvalue weighted by molar-refractivity contribution is -0.141. The van der Waals surface area contributed by atoms with Gasteiger partial charge in [0.15, 0.2) is 0 Å². The number of nitrogens with zero attached hydrogens (tertiary/aromatic N) is 3. The molecule has 1 heterocycles.